The molecule has 2 aromatic heterocycles. The second-order valence-corrected chi connectivity index (χ2v) is 5.45. The second kappa shape index (κ2) is 7.31. The van der Waals surface area contributed by atoms with Gasteiger partial charge in [-0.05, 0) is 42.5 Å². The molecule has 0 N–H and O–H groups in total. The van der Waals surface area contributed by atoms with Crippen LogP contribution in [0, 0.1) is 0 Å². The Morgan fingerprint density at radius 2 is 1.65 bits per heavy atom. The number of pyridine rings is 2. The molecule has 3 aromatic rings. The summed E-state index contributed by atoms with van der Waals surface area (Å²) in [5, 5.41) is 1.10. The molecular formula is C17H12Cl2N2O2. The van der Waals surface area contributed by atoms with Crippen LogP contribution >= 0.6 is 23.2 Å². The summed E-state index contributed by atoms with van der Waals surface area (Å²) < 4.78 is 11.2. The molecule has 0 unspecified atom stereocenters. The standard InChI is InChI=1S/C17H12Cl2N2O2/c18-12-4-6-14(7-5-12)23-17-9-8-15(10-20-17)22-11-13-2-1-3-16(19)21-13/h1-10H,11H2. The van der Waals surface area contributed by atoms with Crippen LogP contribution in [0.5, 0.6) is 17.4 Å². The highest BCUT2D eigenvalue weighted by atomic mass is 35.5. The SMILES string of the molecule is Clc1ccc(Oc2ccc(OCc3cccc(Cl)n3)cn2)cc1. The predicted molar refractivity (Wildman–Crippen MR) is 89.3 cm³/mol. The van der Waals surface area contributed by atoms with Crippen LogP contribution in [-0.4, -0.2) is 9.97 Å². The van der Waals surface area contributed by atoms with E-state index in [1.54, 1.807) is 48.7 Å². The monoisotopic (exact) mass is 346 g/mol. The third kappa shape index (κ3) is 4.58. The first-order valence-electron chi connectivity index (χ1n) is 6.83. The van der Waals surface area contributed by atoms with Gasteiger partial charge in [-0.25, -0.2) is 9.97 Å². The minimum Gasteiger partial charge on any atom is -0.486 e. The van der Waals surface area contributed by atoms with Gasteiger partial charge in [-0.3, -0.25) is 0 Å². The number of benzene rings is 1. The summed E-state index contributed by atoms with van der Waals surface area (Å²) in [5.41, 5.74) is 0.749. The number of hydrogen-bond donors (Lipinski definition) is 0. The van der Waals surface area contributed by atoms with Crippen molar-refractivity contribution >= 4 is 23.2 Å². The minimum atomic E-state index is 0.319. The van der Waals surface area contributed by atoms with Gasteiger partial charge in [-0.15, -0.1) is 0 Å². The largest absolute Gasteiger partial charge is 0.486 e. The van der Waals surface area contributed by atoms with Crippen molar-refractivity contribution in [3.05, 3.63) is 76.7 Å². The molecule has 0 atom stereocenters. The molecule has 0 radical (unpaired) electrons. The Kier molecular flexibility index (Phi) is 4.95. The van der Waals surface area contributed by atoms with Crippen LogP contribution in [0.3, 0.4) is 0 Å². The molecule has 4 nitrogen and oxygen atoms in total. The highest BCUT2D eigenvalue weighted by Crippen LogP contribution is 2.23. The topological polar surface area (TPSA) is 44.2 Å². The van der Waals surface area contributed by atoms with Gasteiger partial charge in [-0.1, -0.05) is 29.3 Å². The number of rotatable bonds is 5. The molecule has 0 aliphatic heterocycles. The van der Waals surface area contributed by atoms with Gasteiger partial charge in [0.05, 0.1) is 11.9 Å². The van der Waals surface area contributed by atoms with Crippen molar-refractivity contribution in [1.29, 1.82) is 0 Å². The van der Waals surface area contributed by atoms with E-state index >= 15 is 0 Å². The zero-order chi connectivity index (χ0) is 16.1. The normalized spacial score (nSPS) is 10.3. The quantitative estimate of drug-likeness (QED) is 0.599. The van der Waals surface area contributed by atoms with Crippen molar-refractivity contribution in [3.63, 3.8) is 0 Å². The van der Waals surface area contributed by atoms with Gasteiger partial charge in [0.25, 0.3) is 0 Å². The predicted octanol–water partition coefficient (Wildman–Crippen LogP) is 5.15. The first kappa shape index (κ1) is 15.6. The van der Waals surface area contributed by atoms with Crippen molar-refractivity contribution < 1.29 is 9.47 Å². The van der Waals surface area contributed by atoms with Crippen LogP contribution in [-0.2, 0) is 6.61 Å². The lowest BCUT2D eigenvalue weighted by atomic mass is 10.3. The molecule has 0 amide bonds. The van der Waals surface area contributed by atoms with E-state index in [-0.39, 0.29) is 0 Å². The molecule has 1 aromatic carbocycles. The zero-order valence-corrected chi connectivity index (χ0v) is 13.5. The summed E-state index contributed by atoms with van der Waals surface area (Å²) in [5.74, 6) is 1.76. The van der Waals surface area contributed by atoms with Crippen LogP contribution in [0.1, 0.15) is 5.69 Å². The summed E-state index contributed by atoms with van der Waals surface area (Å²) in [4.78, 5) is 8.35. The molecule has 2 heterocycles. The molecule has 0 aliphatic rings. The maximum absolute atomic E-state index is 5.83. The Morgan fingerprint density at radius 3 is 2.35 bits per heavy atom. The Bertz CT molecular complexity index is 777. The lowest BCUT2D eigenvalue weighted by molar-refractivity contribution is 0.299. The van der Waals surface area contributed by atoms with E-state index in [0.717, 1.165) is 5.69 Å². The number of ether oxygens (including phenoxy) is 2. The third-order valence-electron chi connectivity index (χ3n) is 2.90. The van der Waals surface area contributed by atoms with Crippen molar-refractivity contribution in [2.24, 2.45) is 0 Å². The van der Waals surface area contributed by atoms with E-state index in [1.165, 1.54) is 0 Å². The highest BCUT2D eigenvalue weighted by molar-refractivity contribution is 6.30. The van der Waals surface area contributed by atoms with Crippen LogP contribution in [0.25, 0.3) is 0 Å². The van der Waals surface area contributed by atoms with Crippen molar-refractivity contribution in [1.82, 2.24) is 9.97 Å². The zero-order valence-electron chi connectivity index (χ0n) is 11.9. The number of halogens is 2. The molecule has 23 heavy (non-hydrogen) atoms. The van der Waals surface area contributed by atoms with Crippen LogP contribution < -0.4 is 9.47 Å². The van der Waals surface area contributed by atoms with Crippen LogP contribution in [0.15, 0.2) is 60.8 Å². The Hall–Kier alpha value is -2.30. The molecule has 6 heteroatoms. The van der Waals surface area contributed by atoms with Crippen molar-refractivity contribution in [3.8, 4) is 17.4 Å². The fourth-order valence-corrected chi connectivity index (χ4v) is 2.13. The van der Waals surface area contributed by atoms with Gasteiger partial charge in [0, 0.05) is 11.1 Å². The molecule has 0 saturated carbocycles. The van der Waals surface area contributed by atoms with Gasteiger partial charge < -0.3 is 9.47 Å². The first-order valence-corrected chi connectivity index (χ1v) is 7.58. The fourth-order valence-electron chi connectivity index (χ4n) is 1.82. The molecule has 0 fully saturated rings. The first-order chi connectivity index (χ1) is 11.2. The van der Waals surface area contributed by atoms with Crippen LogP contribution in [0.4, 0.5) is 0 Å². The Morgan fingerprint density at radius 1 is 0.870 bits per heavy atom. The maximum Gasteiger partial charge on any atom is 0.219 e. The van der Waals surface area contributed by atoms with E-state index in [0.29, 0.717) is 34.2 Å². The van der Waals surface area contributed by atoms with Gasteiger partial charge in [-0.2, -0.15) is 0 Å². The lowest BCUT2D eigenvalue weighted by Gasteiger charge is -2.07. The van der Waals surface area contributed by atoms with Gasteiger partial charge in [0.1, 0.15) is 23.3 Å². The molecule has 3 rings (SSSR count). The van der Waals surface area contributed by atoms with Gasteiger partial charge >= 0.3 is 0 Å². The van der Waals surface area contributed by atoms with E-state index in [1.807, 2.05) is 12.1 Å². The summed E-state index contributed by atoms with van der Waals surface area (Å²) >= 11 is 11.7. The summed E-state index contributed by atoms with van der Waals surface area (Å²) in [7, 11) is 0. The molecule has 116 valence electrons. The number of nitrogens with zero attached hydrogens (tertiary/aromatic N) is 2. The summed E-state index contributed by atoms with van der Waals surface area (Å²) in [6.07, 6.45) is 1.59. The maximum atomic E-state index is 5.83. The summed E-state index contributed by atoms with van der Waals surface area (Å²) in [6.45, 7) is 0.319. The highest BCUT2D eigenvalue weighted by Gasteiger charge is 2.02. The van der Waals surface area contributed by atoms with Crippen molar-refractivity contribution in [2.45, 2.75) is 6.61 Å². The van der Waals surface area contributed by atoms with E-state index < -0.39 is 0 Å². The van der Waals surface area contributed by atoms with E-state index in [9.17, 15) is 0 Å². The average Bonchev–Trinajstić information content (AvgIpc) is 2.56. The molecule has 0 saturated heterocycles. The summed E-state index contributed by atoms with van der Waals surface area (Å²) in [6, 6.07) is 16.0. The molecule has 0 spiro atoms. The van der Waals surface area contributed by atoms with E-state index in [2.05, 4.69) is 9.97 Å². The third-order valence-corrected chi connectivity index (χ3v) is 3.37. The van der Waals surface area contributed by atoms with Crippen molar-refractivity contribution in [2.75, 3.05) is 0 Å². The second-order valence-electron chi connectivity index (χ2n) is 4.63. The van der Waals surface area contributed by atoms with Gasteiger partial charge in [0.2, 0.25) is 5.88 Å². The minimum absolute atomic E-state index is 0.319. The molecule has 0 bridgehead atoms. The molecular weight excluding hydrogens is 335 g/mol. The fraction of sp³-hybridized carbons (Fsp3) is 0.0588. The number of hydrogen-bond acceptors (Lipinski definition) is 4. The Balaban J connectivity index is 1.59. The molecule has 0 aliphatic carbocycles. The number of aromatic nitrogens is 2. The van der Waals surface area contributed by atoms with Gasteiger partial charge in [0.15, 0.2) is 0 Å². The smallest absolute Gasteiger partial charge is 0.219 e. The van der Waals surface area contributed by atoms with Crippen LogP contribution in [0.2, 0.25) is 10.2 Å². The lowest BCUT2D eigenvalue weighted by Crippen LogP contribution is -1.98. The average molecular weight is 347 g/mol. The Labute approximate surface area is 143 Å². The van der Waals surface area contributed by atoms with E-state index in [4.69, 9.17) is 32.7 Å².